The number of amides is 1. The smallest absolute Gasteiger partial charge is 0.284 e. The van der Waals surface area contributed by atoms with E-state index in [1.807, 2.05) is 46.0 Å². The van der Waals surface area contributed by atoms with Crippen molar-refractivity contribution in [3.05, 3.63) is 53.2 Å². The van der Waals surface area contributed by atoms with Crippen molar-refractivity contribution >= 4 is 5.91 Å². The fourth-order valence-corrected chi connectivity index (χ4v) is 2.85. The van der Waals surface area contributed by atoms with Crippen LogP contribution in [0.3, 0.4) is 0 Å². The van der Waals surface area contributed by atoms with Crippen molar-refractivity contribution in [3.8, 4) is 0 Å². The molecule has 0 radical (unpaired) electrons. The summed E-state index contributed by atoms with van der Waals surface area (Å²) in [6.07, 6.45) is 1.77. The summed E-state index contributed by atoms with van der Waals surface area (Å²) in [5.41, 5.74) is 7.04. The number of primary amides is 1. The lowest BCUT2D eigenvalue weighted by atomic mass is 9.90. The molecular weight excluding hydrogens is 318 g/mol. The fraction of sp³-hybridized carbons (Fsp3) is 0.474. The van der Waals surface area contributed by atoms with Crippen LogP contribution in [0.15, 0.2) is 34.9 Å². The standard InChI is InChI=1S/C19H27N3O3/c1-19(2,3)17-13(10-16(25-17)18(20)23)11-22(4)15(12-24-5)14-8-6-7-9-21-14/h6-10,15H,11-12H2,1-5H3,(H2,20,23)/t15-/m1/s1. The second-order valence-corrected chi connectivity index (χ2v) is 7.22. The molecule has 1 atom stereocenters. The summed E-state index contributed by atoms with van der Waals surface area (Å²) in [5.74, 6) is 0.400. The van der Waals surface area contributed by atoms with Crippen molar-refractivity contribution in [1.82, 2.24) is 9.88 Å². The highest BCUT2D eigenvalue weighted by atomic mass is 16.5. The van der Waals surface area contributed by atoms with Crippen molar-refractivity contribution < 1.29 is 13.9 Å². The van der Waals surface area contributed by atoms with Crippen LogP contribution in [0, 0.1) is 0 Å². The number of hydrogen-bond acceptors (Lipinski definition) is 5. The van der Waals surface area contributed by atoms with Gasteiger partial charge in [-0.15, -0.1) is 0 Å². The first-order valence-corrected chi connectivity index (χ1v) is 8.27. The minimum atomic E-state index is -0.558. The van der Waals surface area contributed by atoms with E-state index >= 15 is 0 Å². The number of aromatic nitrogens is 1. The molecule has 0 fully saturated rings. The molecule has 0 saturated carbocycles. The van der Waals surface area contributed by atoms with Crippen molar-refractivity contribution in [1.29, 1.82) is 0 Å². The number of hydrogen-bond donors (Lipinski definition) is 1. The molecule has 0 aliphatic rings. The number of likely N-dealkylation sites (N-methyl/N-ethyl adjacent to an activating group) is 1. The second kappa shape index (κ2) is 7.80. The maximum absolute atomic E-state index is 11.5. The van der Waals surface area contributed by atoms with Crippen LogP contribution in [0.4, 0.5) is 0 Å². The number of furan rings is 1. The first kappa shape index (κ1) is 19.1. The quantitative estimate of drug-likeness (QED) is 0.834. The Labute approximate surface area is 149 Å². The van der Waals surface area contributed by atoms with Gasteiger partial charge >= 0.3 is 0 Å². The van der Waals surface area contributed by atoms with Gasteiger partial charge in [-0.25, -0.2) is 0 Å². The van der Waals surface area contributed by atoms with E-state index in [0.717, 1.165) is 17.0 Å². The van der Waals surface area contributed by atoms with Gasteiger partial charge in [-0.1, -0.05) is 26.8 Å². The molecule has 0 unspecified atom stereocenters. The van der Waals surface area contributed by atoms with Crippen LogP contribution in [0.5, 0.6) is 0 Å². The highest BCUT2D eigenvalue weighted by molar-refractivity contribution is 5.90. The molecule has 136 valence electrons. The van der Waals surface area contributed by atoms with Gasteiger partial charge in [0.05, 0.1) is 18.3 Å². The van der Waals surface area contributed by atoms with Crippen molar-refractivity contribution in [2.24, 2.45) is 5.73 Å². The molecular formula is C19H27N3O3. The normalized spacial score (nSPS) is 13.2. The third kappa shape index (κ3) is 4.67. The predicted octanol–water partition coefficient (Wildman–Crippen LogP) is 2.89. The maximum Gasteiger partial charge on any atom is 0.284 e. The van der Waals surface area contributed by atoms with Gasteiger partial charge in [0.1, 0.15) is 5.76 Å². The number of carbonyl (C=O) groups is 1. The number of methoxy groups -OCH3 is 1. The number of rotatable bonds is 7. The first-order valence-electron chi connectivity index (χ1n) is 8.27. The van der Waals surface area contributed by atoms with Crippen LogP contribution < -0.4 is 5.73 Å². The molecule has 6 nitrogen and oxygen atoms in total. The summed E-state index contributed by atoms with van der Waals surface area (Å²) in [6, 6.07) is 7.56. The van der Waals surface area contributed by atoms with Gasteiger partial charge in [0, 0.05) is 30.8 Å². The number of pyridine rings is 1. The summed E-state index contributed by atoms with van der Waals surface area (Å²) in [6.45, 7) is 7.25. The predicted molar refractivity (Wildman–Crippen MR) is 96.2 cm³/mol. The minimum absolute atomic E-state index is 0.00838. The van der Waals surface area contributed by atoms with Crippen molar-refractivity contribution in [3.63, 3.8) is 0 Å². The Hall–Kier alpha value is -2.18. The highest BCUT2D eigenvalue weighted by Gasteiger charge is 2.27. The molecule has 0 aliphatic carbocycles. The third-order valence-electron chi connectivity index (χ3n) is 4.04. The maximum atomic E-state index is 11.5. The molecule has 0 aromatic carbocycles. The minimum Gasteiger partial charge on any atom is -0.455 e. The summed E-state index contributed by atoms with van der Waals surface area (Å²) >= 11 is 0. The summed E-state index contributed by atoms with van der Waals surface area (Å²) in [4.78, 5) is 18.1. The molecule has 0 saturated heterocycles. The van der Waals surface area contributed by atoms with E-state index in [0.29, 0.717) is 13.2 Å². The van der Waals surface area contributed by atoms with Crippen molar-refractivity contribution in [2.45, 2.75) is 38.8 Å². The zero-order chi connectivity index (χ0) is 18.6. The van der Waals surface area contributed by atoms with Gasteiger partial charge in [0.25, 0.3) is 5.91 Å². The lowest BCUT2D eigenvalue weighted by Gasteiger charge is -2.28. The van der Waals surface area contributed by atoms with E-state index in [2.05, 4.69) is 9.88 Å². The molecule has 25 heavy (non-hydrogen) atoms. The summed E-state index contributed by atoms with van der Waals surface area (Å²) in [7, 11) is 3.68. The molecule has 0 spiro atoms. The van der Waals surface area contributed by atoms with Crippen LogP contribution in [0.2, 0.25) is 0 Å². The fourth-order valence-electron chi connectivity index (χ4n) is 2.85. The van der Waals surface area contributed by atoms with Gasteiger partial charge < -0.3 is 14.9 Å². The average Bonchev–Trinajstić information content (AvgIpc) is 2.97. The molecule has 6 heteroatoms. The average molecular weight is 345 g/mol. The molecule has 0 bridgehead atoms. The molecule has 2 N–H and O–H groups in total. The van der Waals surface area contributed by atoms with E-state index < -0.39 is 5.91 Å². The first-order chi connectivity index (χ1) is 11.7. The van der Waals surface area contributed by atoms with Crippen LogP contribution in [0.25, 0.3) is 0 Å². The zero-order valence-electron chi connectivity index (χ0n) is 15.6. The van der Waals surface area contributed by atoms with Gasteiger partial charge in [-0.3, -0.25) is 14.7 Å². The molecule has 0 aliphatic heterocycles. The Morgan fingerprint density at radius 3 is 2.64 bits per heavy atom. The SMILES string of the molecule is COC[C@H](c1ccccn1)N(C)Cc1cc(C(N)=O)oc1C(C)(C)C. The summed E-state index contributed by atoms with van der Waals surface area (Å²) < 4.78 is 11.1. The number of carbonyl (C=O) groups excluding carboxylic acids is 1. The molecule has 2 rings (SSSR count). The lowest BCUT2D eigenvalue weighted by molar-refractivity contribution is 0.0970. The highest BCUT2D eigenvalue weighted by Crippen LogP contribution is 2.31. The molecule has 2 aromatic heterocycles. The van der Waals surface area contributed by atoms with Crippen LogP contribution in [-0.2, 0) is 16.7 Å². The van der Waals surface area contributed by atoms with Crippen LogP contribution >= 0.6 is 0 Å². The monoisotopic (exact) mass is 345 g/mol. The van der Waals surface area contributed by atoms with E-state index in [-0.39, 0.29) is 17.2 Å². The largest absolute Gasteiger partial charge is 0.455 e. The van der Waals surface area contributed by atoms with Gasteiger partial charge in [0.2, 0.25) is 0 Å². The molecule has 1 amide bonds. The van der Waals surface area contributed by atoms with E-state index in [4.69, 9.17) is 14.9 Å². The molecule has 2 heterocycles. The van der Waals surface area contributed by atoms with Crippen molar-refractivity contribution in [2.75, 3.05) is 20.8 Å². The topological polar surface area (TPSA) is 81.6 Å². The Bertz CT molecular complexity index is 704. The van der Waals surface area contributed by atoms with Crippen LogP contribution in [-0.4, -0.2) is 36.6 Å². The third-order valence-corrected chi connectivity index (χ3v) is 4.04. The Morgan fingerprint density at radius 2 is 2.12 bits per heavy atom. The molecule has 2 aromatic rings. The van der Waals surface area contributed by atoms with E-state index in [1.54, 1.807) is 19.4 Å². The lowest BCUT2D eigenvalue weighted by Crippen LogP contribution is -2.29. The van der Waals surface area contributed by atoms with Gasteiger partial charge in [-0.05, 0) is 25.2 Å². The number of nitrogens with zero attached hydrogens (tertiary/aromatic N) is 2. The van der Waals surface area contributed by atoms with E-state index in [9.17, 15) is 4.79 Å². The Morgan fingerprint density at radius 1 is 1.40 bits per heavy atom. The summed E-state index contributed by atoms with van der Waals surface area (Å²) in [5, 5.41) is 0. The van der Waals surface area contributed by atoms with E-state index in [1.165, 1.54) is 0 Å². The number of ether oxygens (including phenoxy) is 1. The second-order valence-electron chi connectivity index (χ2n) is 7.22. The number of nitrogens with two attached hydrogens (primary N) is 1. The Balaban J connectivity index is 2.31. The zero-order valence-corrected chi connectivity index (χ0v) is 15.6. The van der Waals surface area contributed by atoms with Gasteiger partial charge in [0.15, 0.2) is 5.76 Å². The van der Waals surface area contributed by atoms with Gasteiger partial charge in [-0.2, -0.15) is 0 Å². The van der Waals surface area contributed by atoms with Crippen LogP contribution in [0.1, 0.15) is 54.4 Å². The Kier molecular flexibility index (Phi) is 5.98.